The lowest BCUT2D eigenvalue weighted by Crippen LogP contribution is -2.32. The molecule has 1 aliphatic carbocycles. The van der Waals surface area contributed by atoms with E-state index in [1.54, 1.807) is 0 Å². The van der Waals surface area contributed by atoms with Crippen molar-refractivity contribution < 1.29 is 0 Å². The van der Waals surface area contributed by atoms with Crippen LogP contribution in [0.5, 0.6) is 0 Å². The first-order chi connectivity index (χ1) is 28.7. The van der Waals surface area contributed by atoms with Gasteiger partial charge in [-0.1, -0.05) is 182 Å². The number of benzene rings is 9. The molecule has 12 rings (SSSR count). The molecule has 0 atom stereocenters. The quantitative estimate of drug-likeness (QED) is 0.167. The Kier molecular flexibility index (Phi) is 7.41. The van der Waals surface area contributed by atoms with Crippen LogP contribution in [0.25, 0.3) is 77.7 Å². The number of fused-ring (bicyclic) bond motifs is 12. The summed E-state index contributed by atoms with van der Waals surface area (Å²) in [4.78, 5) is 13.0. The lowest BCUT2D eigenvalue weighted by molar-refractivity contribution is 0.723. The van der Waals surface area contributed by atoms with E-state index in [1.807, 2.05) is 30.0 Å². The van der Waals surface area contributed by atoms with E-state index in [1.165, 1.54) is 70.3 Å². The molecule has 0 unspecified atom stereocenters. The van der Waals surface area contributed by atoms with Gasteiger partial charge in [-0.05, 0) is 102 Å². The minimum atomic E-state index is -0.420. The lowest BCUT2D eigenvalue weighted by Gasteiger charge is -2.40. The van der Waals surface area contributed by atoms with Gasteiger partial charge in [0.15, 0.2) is 5.82 Å². The van der Waals surface area contributed by atoms with E-state index in [4.69, 9.17) is 9.97 Å². The second-order valence-electron chi connectivity index (χ2n) is 15.3. The molecule has 10 aromatic rings. The van der Waals surface area contributed by atoms with Gasteiger partial charge in [0.05, 0.1) is 16.8 Å². The Morgan fingerprint density at radius 1 is 0.328 bits per heavy atom. The van der Waals surface area contributed by atoms with Crippen molar-refractivity contribution in [1.29, 1.82) is 0 Å². The van der Waals surface area contributed by atoms with E-state index in [0.29, 0.717) is 5.82 Å². The van der Waals surface area contributed by atoms with E-state index in [9.17, 15) is 0 Å². The van der Waals surface area contributed by atoms with Crippen molar-refractivity contribution in [3.8, 4) is 56.2 Å². The molecule has 2 nitrogen and oxygen atoms in total. The minimum Gasteiger partial charge on any atom is -0.228 e. The Hall–Kier alpha value is -7.07. The molecular weight excluding hydrogens is 721 g/mol. The molecule has 58 heavy (non-hydrogen) atoms. The highest BCUT2D eigenvalue weighted by molar-refractivity contribution is 7.99. The number of nitrogens with zero attached hydrogens (tertiary/aromatic N) is 2. The molecule has 0 saturated carbocycles. The third kappa shape index (κ3) is 5.00. The van der Waals surface area contributed by atoms with Crippen molar-refractivity contribution in [3.63, 3.8) is 0 Å². The van der Waals surface area contributed by atoms with E-state index >= 15 is 0 Å². The Bertz CT molecular complexity index is 3230. The average molecular weight is 755 g/mol. The highest BCUT2D eigenvalue weighted by Crippen LogP contribution is 2.62. The van der Waals surface area contributed by atoms with Crippen LogP contribution in [0.3, 0.4) is 0 Å². The van der Waals surface area contributed by atoms with Gasteiger partial charge < -0.3 is 0 Å². The topological polar surface area (TPSA) is 25.8 Å². The summed E-state index contributed by atoms with van der Waals surface area (Å²) in [5, 5.41) is 4.94. The molecule has 1 aromatic heterocycles. The van der Waals surface area contributed by atoms with Gasteiger partial charge in [0, 0.05) is 26.5 Å². The molecule has 0 fully saturated rings. The molecule has 0 saturated heterocycles. The Labute approximate surface area is 341 Å². The maximum Gasteiger partial charge on any atom is 0.160 e. The van der Waals surface area contributed by atoms with Crippen molar-refractivity contribution in [2.45, 2.75) is 15.2 Å². The third-order valence-electron chi connectivity index (χ3n) is 12.1. The van der Waals surface area contributed by atoms with Gasteiger partial charge in [0.2, 0.25) is 0 Å². The Balaban J connectivity index is 1.01. The zero-order valence-corrected chi connectivity index (χ0v) is 32.2. The van der Waals surface area contributed by atoms with Crippen LogP contribution in [0.1, 0.15) is 22.3 Å². The smallest absolute Gasteiger partial charge is 0.160 e. The summed E-state index contributed by atoms with van der Waals surface area (Å²) < 4.78 is 0. The first kappa shape index (κ1) is 33.1. The van der Waals surface area contributed by atoms with E-state index < -0.39 is 5.41 Å². The fourth-order valence-electron chi connectivity index (χ4n) is 9.53. The summed E-state index contributed by atoms with van der Waals surface area (Å²) in [5.41, 5.74) is 14.8. The maximum absolute atomic E-state index is 5.23. The molecule has 9 aromatic carbocycles. The van der Waals surface area contributed by atoms with Crippen LogP contribution in [0.4, 0.5) is 0 Å². The predicted molar refractivity (Wildman–Crippen MR) is 240 cm³/mol. The number of hydrogen-bond donors (Lipinski definition) is 0. The standard InChI is InChI=1S/C55H34N2S/c1-2-14-36(15-3-1)54-56-50(34-51(57-54)41-27-29-43-39(32-41)26-25-35-13-4-5-18-42(35)43)40-17-12-16-37(31-40)38-28-30-53-49(33-38)55(48-23-10-11-24-52(48)58-53)46-21-8-6-19-44(46)45-20-7-9-22-47(45)55/h1-34H. The van der Waals surface area contributed by atoms with Crippen molar-refractivity contribution in [1.82, 2.24) is 9.97 Å². The molecule has 2 aliphatic rings. The summed E-state index contributed by atoms with van der Waals surface area (Å²) in [6, 6.07) is 75.1. The van der Waals surface area contributed by atoms with Gasteiger partial charge in [-0.2, -0.15) is 0 Å². The lowest BCUT2D eigenvalue weighted by atomic mass is 9.67. The van der Waals surface area contributed by atoms with Crippen molar-refractivity contribution >= 4 is 33.3 Å². The SMILES string of the molecule is c1ccc(-c2nc(-c3cccc(-c4ccc5c(c4)C4(c6ccccc6S5)c5ccccc5-c5ccccc54)c3)cc(-c3ccc4c(ccc5ccccc54)c3)n2)cc1. The van der Waals surface area contributed by atoms with E-state index in [2.05, 4.69) is 188 Å². The first-order valence-electron chi connectivity index (χ1n) is 19.8. The van der Waals surface area contributed by atoms with Crippen molar-refractivity contribution in [2.24, 2.45) is 0 Å². The van der Waals surface area contributed by atoms with Gasteiger partial charge in [-0.25, -0.2) is 9.97 Å². The van der Waals surface area contributed by atoms with Crippen LogP contribution in [-0.4, -0.2) is 9.97 Å². The fraction of sp³-hybridized carbons (Fsp3) is 0.0182. The predicted octanol–water partition coefficient (Wildman–Crippen LogP) is 14.3. The summed E-state index contributed by atoms with van der Waals surface area (Å²) in [6.07, 6.45) is 0. The largest absolute Gasteiger partial charge is 0.228 e. The third-order valence-corrected chi connectivity index (χ3v) is 13.3. The van der Waals surface area contributed by atoms with Crippen molar-refractivity contribution in [2.75, 3.05) is 0 Å². The highest BCUT2D eigenvalue weighted by Gasteiger charge is 2.50. The molecule has 0 N–H and O–H groups in total. The van der Waals surface area contributed by atoms with Gasteiger partial charge in [0.1, 0.15) is 0 Å². The van der Waals surface area contributed by atoms with Crippen LogP contribution in [0.15, 0.2) is 216 Å². The van der Waals surface area contributed by atoms with E-state index in [-0.39, 0.29) is 0 Å². The van der Waals surface area contributed by atoms with Crippen LogP contribution >= 0.6 is 11.8 Å². The molecular formula is C55H34N2S. The first-order valence-corrected chi connectivity index (χ1v) is 20.6. The average Bonchev–Trinajstić information content (AvgIpc) is 3.59. The van der Waals surface area contributed by atoms with Gasteiger partial charge in [-0.15, -0.1) is 0 Å². The normalized spacial score (nSPS) is 13.2. The zero-order valence-electron chi connectivity index (χ0n) is 31.4. The molecule has 0 amide bonds. The van der Waals surface area contributed by atoms with Crippen molar-refractivity contribution in [3.05, 3.63) is 229 Å². The van der Waals surface area contributed by atoms with Crippen LogP contribution in [0, 0.1) is 0 Å². The van der Waals surface area contributed by atoms with Gasteiger partial charge in [0.25, 0.3) is 0 Å². The molecule has 270 valence electrons. The molecule has 2 heterocycles. The Morgan fingerprint density at radius 2 is 0.897 bits per heavy atom. The molecule has 1 aliphatic heterocycles. The number of aromatic nitrogens is 2. The highest BCUT2D eigenvalue weighted by atomic mass is 32.2. The number of rotatable bonds is 4. The summed E-state index contributed by atoms with van der Waals surface area (Å²) in [6.45, 7) is 0. The van der Waals surface area contributed by atoms with E-state index in [0.717, 1.165) is 33.6 Å². The summed E-state index contributed by atoms with van der Waals surface area (Å²) >= 11 is 1.88. The van der Waals surface area contributed by atoms with Crippen LogP contribution in [0.2, 0.25) is 0 Å². The van der Waals surface area contributed by atoms with Crippen LogP contribution in [-0.2, 0) is 5.41 Å². The molecule has 0 bridgehead atoms. The van der Waals surface area contributed by atoms with Crippen LogP contribution < -0.4 is 0 Å². The van der Waals surface area contributed by atoms with Gasteiger partial charge in [-0.3, -0.25) is 0 Å². The molecule has 0 radical (unpaired) electrons. The Morgan fingerprint density at radius 3 is 1.71 bits per heavy atom. The zero-order chi connectivity index (χ0) is 38.2. The summed E-state index contributed by atoms with van der Waals surface area (Å²) in [7, 11) is 0. The minimum absolute atomic E-state index is 0.420. The second kappa shape index (κ2) is 13.0. The van der Waals surface area contributed by atoms with Gasteiger partial charge >= 0.3 is 0 Å². The maximum atomic E-state index is 5.23. The second-order valence-corrected chi connectivity index (χ2v) is 16.4. The molecule has 1 spiro atoms. The monoisotopic (exact) mass is 754 g/mol. The fourth-order valence-corrected chi connectivity index (χ4v) is 10.7. The summed E-state index contributed by atoms with van der Waals surface area (Å²) in [5.74, 6) is 0.710. The number of hydrogen-bond acceptors (Lipinski definition) is 3. The molecule has 3 heteroatoms.